The fourth-order valence-corrected chi connectivity index (χ4v) is 1.92. The number of ether oxygens (including phenoxy) is 2. The second-order valence-corrected chi connectivity index (χ2v) is 4.45. The van der Waals surface area contributed by atoms with Crippen molar-refractivity contribution in [2.75, 3.05) is 6.61 Å². The van der Waals surface area contributed by atoms with Crippen LogP contribution in [0, 0.1) is 5.92 Å². The summed E-state index contributed by atoms with van der Waals surface area (Å²) in [6.45, 7) is 7.13. The third kappa shape index (κ3) is 1.79. The summed E-state index contributed by atoms with van der Waals surface area (Å²) in [5, 5.41) is 0. The van der Waals surface area contributed by atoms with E-state index >= 15 is 0 Å². The topological polar surface area (TPSA) is 18.5 Å². The molecule has 0 bridgehead atoms. The van der Waals surface area contributed by atoms with Gasteiger partial charge in [0.1, 0.15) is 18.5 Å². The Morgan fingerprint density at radius 1 is 1.43 bits per heavy atom. The van der Waals surface area contributed by atoms with E-state index < -0.39 is 0 Å². The zero-order valence-electron chi connectivity index (χ0n) is 9.17. The minimum absolute atomic E-state index is 0.385. The lowest BCUT2D eigenvalue weighted by Crippen LogP contribution is -2.26. The normalized spacial score (nSPS) is 26.6. The average Bonchev–Trinajstić information content (AvgIpc) is 2.16. The Morgan fingerprint density at radius 3 is 2.93 bits per heavy atom. The second kappa shape index (κ2) is 3.68. The van der Waals surface area contributed by atoms with Crippen molar-refractivity contribution in [1.29, 1.82) is 0 Å². The van der Waals surface area contributed by atoms with Crippen LogP contribution in [0.15, 0.2) is 23.2 Å². The van der Waals surface area contributed by atoms with Crippen molar-refractivity contribution in [2.24, 2.45) is 5.92 Å². The maximum atomic E-state index is 5.95. The molecule has 0 aromatic heterocycles. The molecule has 78 valence electrons. The summed E-state index contributed by atoms with van der Waals surface area (Å²) in [5.74, 6) is 2.63. The first-order valence-electron chi connectivity index (χ1n) is 5.36. The predicted octanol–water partition coefficient (Wildman–Crippen LogP) is 3.01. The lowest BCUT2D eigenvalue weighted by Gasteiger charge is -2.32. The number of hydrogen-bond donors (Lipinski definition) is 0. The first-order valence-corrected chi connectivity index (χ1v) is 5.36. The Kier molecular flexibility index (Phi) is 2.53. The molecule has 1 atom stereocenters. The van der Waals surface area contributed by atoms with Crippen LogP contribution < -0.4 is 0 Å². The number of rotatable bonds is 1. The lowest BCUT2D eigenvalue weighted by molar-refractivity contribution is 0.0511. The molecule has 0 aromatic carbocycles. The fraction of sp³-hybridized carbons (Fsp3) is 0.667. The van der Waals surface area contributed by atoms with Crippen molar-refractivity contribution in [2.45, 2.75) is 39.7 Å². The van der Waals surface area contributed by atoms with Gasteiger partial charge in [0.25, 0.3) is 0 Å². The molecule has 2 nitrogen and oxygen atoms in total. The highest BCUT2D eigenvalue weighted by Gasteiger charge is 2.25. The van der Waals surface area contributed by atoms with E-state index in [0.29, 0.717) is 12.0 Å². The smallest absolute Gasteiger partial charge is 0.125 e. The standard InChI is InChI=1S/C12H18O2/c1-8(2)11-5-4-10-7-13-9(3)6-12(10)14-11/h6,8,11H,4-5,7H2,1-3H3. The molecule has 2 aliphatic heterocycles. The minimum Gasteiger partial charge on any atom is -0.494 e. The van der Waals surface area contributed by atoms with E-state index in [9.17, 15) is 0 Å². The summed E-state index contributed by atoms with van der Waals surface area (Å²) in [6.07, 6.45) is 4.66. The van der Waals surface area contributed by atoms with Crippen LogP contribution in [-0.2, 0) is 9.47 Å². The highest BCUT2D eigenvalue weighted by Crippen LogP contribution is 2.31. The molecule has 1 unspecified atom stereocenters. The van der Waals surface area contributed by atoms with Crippen molar-refractivity contribution in [3.8, 4) is 0 Å². The van der Waals surface area contributed by atoms with E-state index in [2.05, 4.69) is 13.8 Å². The molecular formula is C12H18O2. The molecular weight excluding hydrogens is 176 g/mol. The van der Waals surface area contributed by atoms with Gasteiger partial charge in [-0.2, -0.15) is 0 Å². The summed E-state index contributed by atoms with van der Waals surface area (Å²) in [7, 11) is 0. The molecule has 14 heavy (non-hydrogen) atoms. The molecule has 0 saturated heterocycles. The van der Waals surface area contributed by atoms with Crippen molar-refractivity contribution in [3.05, 3.63) is 23.2 Å². The van der Waals surface area contributed by atoms with Gasteiger partial charge < -0.3 is 9.47 Å². The van der Waals surface area contributed by atoms with Crippen LogP contribution in [0.1, 0.15) is 33.6 Å². The van der Waals surface area contributed by atoms with Gasteiger partial charge in [-0.3, -0.25) is 0 Å². The van der Waals surface area contributed by atoms with Crippen LogP contribution in [0.5, 0.6) is 0 Å². The van der Waals surface area contributed by atoms with Crippen LogP contribution in [0.2, 0.25) is 0 Å². The van der Waals surface area contributed by atoms with Crippen molar-refractivity contribution < 1.29 is 9.47 Å². The summed E-state index contributed by atoms with van der Waals surface area (Å²) in [6, 6.07) is 0. The molecule has 0 radical (unpaired) electrons. The third-order valence-corrected chi connectivity index (χ3v) is 2.91. The molecule has 2 heterocycles. The largest absolute Gasteiger partial charge is 0.494 e. The molecule has 0 amide bonds. The molecule has 0 aliphatic carbocycles. The summed E-state index contributed by atoms with van der Waals surface area (Å²) in [4.78, 5) is 0. The van der Waals surface area contributed by atoms with Crippen molar-refractivity contribution in [1.82, 2.24) is 0 Å². The maximum Gasteiger partial charge on any atom is 0.125 e. The third-order valence-electron chi connectivity index (χ3n) is 2.91. The average molecular weight is 194 g/mol. The van der Waals surface area contributed by atoms with Gasteiger partial charge in [0.05, 0.1) is 5.76 Å². The Balaban J connectivity index is 2.14. The van der Waals surface area contributed by atoms with E-state index in [0.717, 1.165) is 31.0 Å². The highest BCUT2D eigenvalue weighted by atomic mass is 16.5. The van der Waals surface area contributed by atoms with Crippen LogP contribution in [0.3, 0.4) is 0 Å². The van der Waals surface area contributed by atoms with Gasteiger partial charge >= 0.3 is 0 Å². The van der Waals surface area contributed by atoms with Gasteiger partial charge in [0, 0.05) is 11.6 Å². The van der Waals surface area contributed by atoms with Crippen LogP contribution in [0.25, 0.3) is 0 Å². The summed E-state index contributed by atoms with van der Waals surface area (Å²) >= 11 is 0. The van der Waals surface area contributed by atoms with Gasteiger partial charge in [0.2, 0.25) is 0 Å². The van der Waals surface area contributed by atoms with E-state index in [-0.39, 0.29) is 0 Å². The monoisotopic (exact) mass is 194 g/mol. The molecule has 0 N–H and O–H groups in total. The SMILES string of the molecule is CC1=CC2=C(CCC(C(C)C)O2)CO1. The van der Waals surface area contributed by atoms with E-state index in [1.54, 1.807) is 0 Å². The number of hydrogen-bond acceptors (Lipinski definition) is 2. The first kappa shape index (κ1) is 9.63. The molecule has 0 saturated carbocycles. The first-order chi connectivity index (χ1) is 6.66. The Bertz CT molecular complexity index is 287. The quantitative estimate of drug-likeness (QED) is 0.639. The lowest BCUT2D eigenvalue weighted by atomic mass is 9.95. The summed E-state index contributed by atoms with van der Waals surface area (Å²) < 4.78 is 11.4. The van der Waals surface area contributed by atoms with Crippen LogP contribution in [-0.4, -0.2) is 12.7 Å². The second-order valence-electron chi connectivity index (χ2n) is 4.45. The van der Waals surface area contributed by atoms with E-state index in [1.807, 2.05) is 13.0 Å². The van der Waals surface area contributed by atoms with Crippen molar-refractivity contribution >= 4 is 0 Å². The molecule has 0 aromatic rings. The Hall–Kier alpha value is -0.920. The molecule has 2 rings (SSSR count). The fourth-order valence-electron chi connectivity index (χ4n) is 1.92. The maximum absolute atomic E-state index is 5.95. The highest BCUT2D eigenvalue weighted by molar-refractivity contribution is 5.27. The minimum atomic E-state index is 0.385. The zero-order chi connectivity index (χ0) is 10.1. The van der Waals surface area contributed by atoms with Crippen LogP contribution >= 0.6 is 0 Å². The zero-order valence-corrected chi connectivity index (χ0v) is 9.17. The molecule has 2 aliphatic rings. The predicted molar refractivity (Wildman–Crippen MR) is 55.7 cm³/mol. The van der Waals surface area contributed by atoms with Gasteiger partial charge in [-0.05, 0) is 25.7 Å². The van der Waals surface area contributed by atoms with Crippen LogP contribution in [0.4, 0.5) is 0 Å². The molecule has 2 heteroatoms. The van der Waals surface area contributed by atoms with Gasteiger partial charge in [0.15, 0.2) is 0 Å². The van der Waals surface area contributed by atoms with Gasteiger partial charge in [-0.1, -0.05) is 13.8 Å². The summed E-state index contributed by atoms with van der Waals surface area (Å²) in [5.41, 5.74) is 1.33. The Morgan fingerprint density at radius 2 is 2.21 bits per heavy atom. The van der Waals surface area contributed by atoms with Gasteiger partial charge in [-0.15, -0.1) is 0 Å². The Labute approximate surface area is 85.6 Å². The van der Waals surface area contributed by atoms with E-state index in [4.69, 9.17) is 9.47 Å². The number of allylic oxidation sites excluding steroid dienone is 2. The van der Waals surface area contributed by atoms with E-state index in [1.165, 1.54) is 5.57 Å². The van der Waals surface area contributed by atoms with Gasteiger partial charge in [-0.25, -0.2) is 0 Å². The molecule has 0 fully saturated rings. The molecule has 0 spiro atoms. The van der Waals surface area contributed by atoms with Crippen molar-refractivity contribution in [3.63, 3.8) is 0 Å².